The van der Waals surface area contributed by atoms with E-state index in [0.717, 1.165) is 10.6 Å². The molecule has 0 aliphatic rings. The van der Waals surface area contributed by atoms with E-state index < -0.39 is 0 Å². The van der Waals surface area contributed by atoms with Gasteiger partial charge < -0.3 is 0 Å². The van der Waals surface area contributed by atoms with E-state index in [1.165, 1.54) is 18.3 Å². The van der Waals surface area contributed by atoms with Gasteiger partial charge in [-0.25, -0.2) is 0 Å². The average molecular weight is 248 g/mol. The predicted octanol–water partition coefficient (Wildman–Crippen LogP) is 1.97. The smallest absolute Gasteiger partial charge is 0.225 e. The zero-order chi connectivity index (χ0) is 12.3. The van der Waals surface area contributed by atoms with Gasteiger partial charge in [-0.3, -0.25) is 14.7 Å². The number of hydrogen-bond donors (Lipinski definition) is 0. The molecule has 0 unspecified atom stereocenters. The number of amides is 1. The van der Waals surface area contributed by atoms with E-state index in [2.05, 4.69) is 15.2 Å². The molecule has 0 aliphatic heterocycles. The van der Waals surface area contributed by atoms with Crippen molar-refractivity contribution in [2.75, 3.05) is 11.4 Å². The molecule has 0 fully saturated rings. The van der Waals surface area contributed by atoms with Gasteiger partial charge in [-0.1, -0.05) is 11.3 Å². The third-order valence-corrected chi connectivity index (χ3v) is 3.25. The van der Waals surface area contributed by atoms with Crippen molar-refractivity contribution < 1.29 is 4.79 Å². The molecule has 6 heteroatoms. The van der Waals surface area contributed by atoms with Crippen molar-refractivity contribution in [1.82, 2.24) is 15.2 Å². The van der Waals surface area contributed by atoms with Gasteiger partial charge in [-0.05, 0) is 19.1 Å². The van der Waals surface area contributed by atoms with E-state index in [1.807, 2.05) is 19.1 Å². The van der Waals surface area contributed by atoms with Crippen LogP contribution in [-0.2, 0) is 4.79 Å². The molecule has 88 valence electrons. The highest BCUT2D eigenvalue weighted by molar-refractivity contribution is 7.18. The predicted molar refractivity (Wildman–Crippen MR) is 66.8 cm³/mol. The van der Waals surface area contributed by atoms with Crippen LogP contribution in [0.4, 0.5) is 5.13 Å². The second-order valence-corrected chi connectivity index (χ2v) is 4.35. The minimum Gasteiger partial charge on any atom is -0.287 e. The molecule has 2 heterocycles. The van der Waals surface area contributed by atoms with Crippen LogP contribution in [0.5, 0.6) is 0 Å². The van der Waals surface area contributed by atoms with Gasteiger partial charge in [0.15, 0.2) is 5.01 Å². The van der Waals surface area contributed by atoms with E-state index in [4.69, 9.17) is 0 Å². The summed E-state index contributed by atoms with van der Waals surface area (Å²) in [7, 11) is 0. The van der Waals surface area contributed by atoms with Crippen molar-refractivity contribution in [2.24, 2.45) is 0 Å². The molecule has 0 spiro atoms. The lowest BCUT2D eigenvalue weighted by atomic mass is 10.3. The Hall–Kier alpha value is -1.82. The largest absolute Gasteiger partial charge is 0.287 e. The van der Waals surface area contributed by atoms with Crippen molar-refractivity contribution in [3.8, 4) is 10.6 Å². The number of carbonyl (C=O) groups excluding carboxylic acids is 1. The number of carbonyl (C=O) groups is 1. The highest BCUT2D eigenvalue weighted by Crippen LogP contribution is 2.27. The maximum atomic E-state index is 11.4. The molecular formula is C11H12N4OS. The molecule has 0 radical (unpaired) electrons. The van der Waals surface area contributed by atoms with E-state index in [9.17, 15) is 4.79 Å². The molecule has 17 heavy (non-hydrogen) atoms. The van der Waals surface area contributed by atoms with Crippen molar-refractivity contribution in [3.05, 3.63) is 24.5 Å². The first kappa shape index (κ1) is 11.7. The SMILES string of the molecule is CCN(C(C)=O)c1nnc(-c2cccnc2)s1. The summed E-state index contributed by atoms with van der Waals surface area (Å²) < 4.78 is 0. The summed E-state index contributed by atoms with van der Waals surface area (Å²) >= 11 is 1.39. The third kappa shape index (κ3) is 2.47. The summed E-state index contributed by atoms with van der Waals surface area (Å²) in [4.78, 5) is 17.0. The Morgan fingerprint density at radius 2 is 2.29 bits per heavy atom. The van der Waals surface area contributed by atoms with Crippen LogP contribution in [0.15, 0.2) is 24.5 Å². The van der Waals surface area contributed by atoms with E-state index in [-0.39, 0.29) is 5.91 Å². The Labute approximate surface area is 103 Å². The van der Waals surface area contributed by atoms with Gasteiger partial charge in [-0.15, -0.1) is 10.2 Å². The van der Waals surface area contributed by atoms with Crippen LogP contribution >= 0.6 is 11.3 Å². The number of rotatable bonds is 3. The Morgan fingerprint density at radius 1 is 1.47 bits per heavy atom. The van der Waals surface area contributed by atoms with Crippen molar-refractivity contribution in [3.63, 3.8) is 0 Å². The van der Waals surface area contributed by atoms with Gasteiger partial charge in [0, 0.05) is 31.4 Å². The molecule has 1 amide bonds. The standard InChI is InChI=1S/C11H12N4OS/c1-3-15(8(2)16)11-14-13-10(17-11)9-5-4-6-12-7-9/h4-7H,3H2,1-2H3. The summed E-state index contributed by atoms with van der Waals surface area (Å²) in [6, 6.07) is 3.76. The summed E-state index contributed by atoms with van der Waals surface area (Å²) in [5, 5.41) is 9.50. The molecule has 2 aromatic rings. The molecule has 0 saturated carbocycles. The first-order chi connectivity index (χ1) is 8.22. The summed E-state index contributed by atoms with van der Waals surface area (Å²) in [5.41, 5.74) is 0.913. The number of anilines is 1. The Morgan fingerprint density at radius 3 is 2.88 bits per heavy atom. The number of pyridine rings is 1. The van der Waals surface area contributed by atoms with Crippen LogP contribution < -0.4 is 4.90 Å². The van der Waals surface area contributed by atoms with Crippen LogP contribution in [0.25, 0.3) is 10.6 Å². The van der Waals surface area contributed by atoms with Gasteiger partial charge in [-0.2, -0.15) is 0 Å². The van der Waals surface area contributed by atoms with E-state index in [0.29, 0.717) is 11.7 Å². The zero-order valence-electron chi connectivity index (χ0n) is 9.62. The molecule has 0 N–H and O–H groups in total. The zero-order valence-corrected chi connectivity index (χ0v) is 10.4. The summed E-state index contributed by atoms with van der Waals surface area (Å²) in [6.45, 7) is 4.03. The van der Waals surface area contributed by atoms with Gasteiger partial charge >= 0.3 is 0 Å². The van der Waals surface area contributed by atoms with Crippen LogP contribution in [0.3, 0.4) is 0 Å². The maximum absolute atomic E-state index is 11.4. The second kappa shape index (κ2) is 5.01. The molecule has 0 aliphatic carbocycles. The molecular weight excluding hydrogens is 236 g/mol. The van der Waals surface area contributed by atoms with Gasteiger partial charge in [0.2, 0.25) is 11.0 Å². The lowest BCUT2D eigenvalue weighted by Gasteiger charge is -2.13. The topological polar surface area (TPSA) is 59.0 Å². The van der Waals surface area contributed by atoms with Crippen LogP contribution in [0.1, 0.15) is 13.8 Å². The lowest BCUT2D eigenvalue weighted by molar-refractivity contribution is -0.116. The molecule has 2 aromatic heterocycles. The number of hydrogen-bond acceptors (Lipinski definition) is 5. The Kier molecular flexibility index (Phi) is 3.43. The molecule has 0 aromatic carbocycles. The van der Waals surface area contributed by atoms with Gasteiger partial charge in [0.1, 0.15) is 0 Å². The molecule has 0 saturated heterocycles. The molecule has 5 nitrogen and oxygen atoms in total. The lowest BCUT2D eigenvalue weighted by Crippen LogP contribution is -2.27. The monoisotopic (exact) mass is 248 g/mol. The highest BCUT2D eigenvalue weighted by Gasteiger charge is 2.15. The summed E-state index contributed by atoms with van der Waals surface area (Å²) in [6.07, 6.45) is 3.44. The van der Waals surface area contributed by atoms with Crippen molar-refractivity contribution in [1.29, 1.82) is 0 Å². The minimum atomic E-state index is -0.0265. The van der Waals surface area contributed by atoms with Crippen LogP contribution in [0, 0.1) is 0 Å². The first-order valence-corrected chi connectivity index (χ1v) is 6.06. The number of nitrogens with zero attached hydrogens (tertiary/aromatic N) is 4. The second-order valence-electron chi connectivity index (χ2n) is 3.39. The highest BCUT2D eigenvalue weighted by atomic mass is 32.1. The fourth-order valence-electron chi connectivity index (χ4n) is 1.42. The quantitative estimate of drug-likeness (QED) is 0.833. The maximum Gasteiger partial charge on any atom is 0.225 e. The van der Waals surface area contributed by atoms with Crippen LogP contribution in [-0.4, -0.2) is 27.6 Å². The molecule has 2 rings (SSSR count). The molecule has 0 bridgehead atoms. The van der Waals surface area contributed by atoms with Crippen molar-refractivity contribution in [2.45, 2.75) is 13.8 Å². The van der Waals surface area contributed by atoms with Crippen molar-refractivity contribution >= 4 is 22.4 Å². The van der Waals surface area contributed by atoms with Crippen LogP contribution in [0.2, 0.25) is 0 Å². The summed E-state index contributed by atoms with van der Waals surface area (Å²) in [5.74, 6) is -0.0265. The average Bonchev–Trinajstić information content (AvgIpc) is 2.80. The minimum absolute atomic E-state index is 0.0265. The fourth-order valence-corrected chi connectivity index (χ4v) is 2.37. The molecule has 0 atom stereocenters. The first-order valence-electron chi connectivity index (χ1n) is 5.24. The van der Waals surface area contributed by atoms with E-state index >= 15 is 0 Å². The Bertz CT molecular complexity index is 511. The third-order valence-electron chi connectivity index (χ3n) is 2.25. The van der Waals surface area contributed by atoms with Gasteiger partial charge in [0.25, 0.3) is 0 Å². The normalized spacial score (nSPS) is 10.2. The number of aromatic nitrogens is 3. The van der Waals surface area contributed by atoms with E-state index in [1.54, 1.807) is 17.3 Å². The Balaban J connectivity index is 2.30. The fraction of sp³-hybridized carbons (Fsp3) is 0.273. The van der Waals surface area contributed by atoms with Gasteiger partial charge in [0.05, 0.1) is 0 Å².